The molecule has 5 nitrogen and oxygen atoms in total. The molecule has 0 radical (unpaired) electrons. The molecule has 1 atom stereocenters. The Kier molecular flexibility index (Phi) is 3.24. The summed E-state index contributed by atoms with van der Waals surface area (Å²) in [5, 5.41) is 8.54. The first-order chi connectivity index (χ1) is 6.65. The number of aromatic nitrogens is 2. The van der Waals surface area contributed by atoms with Crippen molar-refractivity contribution in [2.24, 2.45) is 0 Å². The van der Waals surface area contributed by atoms with Crippen LogP contribution in [0.2, 0.25) is 0 Å². The van der Waals surface area contributed by atoms with E-state index in [0.717, 1.165) is 0 Å². The van der Waals surface area contributed by atoms with Gasteiger partial charge in [0.05, 0.1) is 30.6 Å². The lowest BCUT2D eigenvalue weighted by molar-refractivity contribution is 0.683. The van der Waals surface area contributed by atoms with E-state index in [0.29, 0.717) is 18.1 Å². The van der Waals surface area contributed by atoms with E-state index in [2.05, 4.69) is 16.0 Å². The molecule has 2 N–H and O–H groups in total. The van der Waals surface area contributed by atoms with Crippen molar-refractivity contribution < 1.29 is 0 Å². The van der Waals surface area contributed by atoms with Crippen LogP contribution in [-0.2, 0) is 0 Å². The molecule has 1 heterocycles. The maximum atomic E-state index is 8.54. The molecule has 14 heavy (non-hydrogen) atoms. The van der Waals surface area contributed by atoms with Crippen molar-refractivity contribution in [3.8, 4) is 6.07 Å². The predicted octanol–water partition coefficient (Wildman–Crippen LogP) is 0.797. The van der Waals surface area contributed by atoms with Crippen molar-refractivity contribution in [1.82, 2.24) is 9.97 Å². The van der Waals surface area contributed by atoms with Gasteiger partial charge in [0.2, 0.25) is 5.95 Å². The summed E-state index contributed by atoms with van der Waals surface area (Å²) in [5.74, 6) is 0.585. The van der Waals surface area contributed by atoms with E-state index in [1.165, 1.54) is 0 Å². The Morgan fingerprint density at radius 2 is 2.14 bits per heavy atom. The molecule has 0 spiro atoms. The number of nitrogen functional groups attached to an aromatic ring is 1. The fourth-order valence-corrected chi connectivity index (χ4v) is 0.980. The monoisotopic (exact) mass is 191 g/mol. The average molecular weight is 191 g/mol. The Morgan fingerprint density at radius 1 is 1.57 bits per heavy atom. The second-order valence-electron chi connectivity index (χ2n) is 3.14. The molecule has 1 aromatic heterocycles. The van der Waals surface area contributed by atoms with E-state index in [1.807, 2.05) is 18.9 Å². The lowest BCUT2D eigenvalue weighted by atomic mass is 10.2. The number of anilines is 2. The van der Waals surface area contributed by atoms with Gasteiger partial charge in [0.15, 0.2) is 0 Å². The first-order valence-electron chi connectivity index (χ1n) is 4.32. The van der Waals surface area contributed by atoms with E-state index in [9.17, 15) is 0 Å². The highest BCUT2D eigenvalue weighted by Gasteiger charge is 2.11. The molecule has 0 aliphatic carbocycles. The van der Waals surface area contributed by atoms with Crippen LogP contribution in [0.25, 0.3) is 0 Å². The first-order valence-corrected chi connectivity index (χ1v) is 4.32. The number of nitriles is 1. The standard InChI is InChI=1S/C9H13N5/c1-7(3-4-10)14(2)9-12-5-8(11)6-13-9/h5-7H,3,11H2,1-2H3. The third-order valence-electron chi connectivity index (χ3n) is 2.02. The largest absolute Gasteiger partial charge is 0.396 e. The maximum Gasteiger partial charge on any atom is 0.225 e. The smallest absolute Gasteiger partial charge is 0.225 e. The van der Waals surface area contributed by atoms with Crippen LogP contribution in [0.3, 0.4) is 0 Å². The van der Waals surface area contributed by atoms with Crippen LogP contribution in [0.15, 0.2) is 12.4 Å². The van der Waals surface area contributed by atoms with Gasteiger partial charge in [0.25, 0.3) is 0 Å². The van der Waals surface area contributed by atoms with Gasteiger partial charge in [-0.15, -0.1) is 0 Å². The zero-order chi connectivity index (χ0) is 10.6. The van der Waals surface area contributed by atoms with Gasteiger partial charge in [-0.25, -0.2) is 9.97 Å². The third-order valence-corrected chi connectivity index (χ3v) is 2.02. The molecular formula is C9H13N5. The number of nitrogens with two attached hydrogens (primary N) is 1. The average Bonchev–Trinajstić information content (AvgIpc) is 2.18. The molecule has 0 fully saturated rings. The predicted molar refractivity (Wildman–Crippen MR) is 54.5 cm³/mol. The Bertz CT molecular complexity index is 326. The van der Waals surface area contributed by atoms with Crippen LogP contribution >= 0.6 is 0 Å². The quantitative estimate of drug-likeness (QED) is 0.764. The van der Waals surface area contributed by atoms with Gasteiger partial charge < -0.3 is 10.6 Å². The summed E-state index contributed by atoms with van der Waals surface area (Å²) in [6.07, 6.45) is 3.56. The summed E-state index contributed by atoms with van der Waals surface area (Å²) < 4.78 is 0. The number of hydrogen-bond acceptors (Lipinski definition) is 5. The molecule has 0 aromatic carbocycles. The molecule has 0 saturated heterocycles. The Hall–Kier alpha value is -1.83. The van der Waals surface area contributed by atoms with Gasteiger partial charge in [0.1, 0.15) is 0 Å². The lowest BCUT2D eigenvalue weighted by Crippen LogP contribution is -2.29. The van der Waals surface area contributed by atoms with Crippen molar-refractivity contribution in [3.63, 3.8) is 0 Å². The highest BCUT2D eigenvalue weighted by atomic mass is 15.2. The van der Waals surface area contributed by atoms with Crippen molar-refractivity contribution in [3.05, 3.63) is 12.4 Å². The van der Waals surface area contributed by atoms with E-state index in [-0.39, 0.29) is 6.04 Å². The van der Waals surface area contributed by atoms with Crippen molar-refractivity contribution in [2.45, 2.75) is 19.4 Å². The van der Waals surface area contributed by atoms with Gasteiger partial charge in [-0.3, -0.25) is 0 Å². The maximum absolute atomic E-state index is 8.54. The second kappa shape index (κ2) is 4.42. The number of hydrogen-bond donors (Lipinski definition) is 1. The van der Waals surface area contributed by atoms with E-state index < -0.39 is 0 Å². The molecule has 1 unspecified atom stereocenters. The van der Waals surface area contributed by atoms with Crippen LogP contribution in [0, 0.1) is 11.3 Å². The molecule has 0 aliphatic heterocycles. The van der Waals surface area contributed by atoms with E-state index in [4.69, 9.17) is 11.0 Å². The minimum absolute atomic E-state index is 0.101. The van der Waals surface area contributed by atoms with E-state index >= 15 is 0 Å². The van der Waals surface area contributed by atoms with Crippen LogP contribution in [0.1, 0.15) is 13.3 Å². The SMILES string of the molecule is CC(CC#N)N(C)c1ncc(N)cn1. The van der Waals surface area contributed by atoms with Gasteiger partial charge in [-0.1, -0.05) is 0 Å². The molecule has 0 bridgehead atoms. The molecule has 1 aromatic rings. The van der Waals surface area contributed by atoms with Gasteiger partial charge >= 0.3 is 0 Å². The van der Waals surface area contributed by atoms with Crippen LogP contribution in [0.4, 0.5) is 11.6 Å². The molecule has 0 aliphatic rings. The van der Waals surface area contributed by atoms with Crippen molar-refractivity contribution in [1.29, 1.82) is 5.26 Å². The number of nitrogens with zero attached hydrogens (tertiary/aromatic N) is 4. The molecule has 0 saturated carbocycles. The molecular weight excluding hydrogens is 178 g/mol. The molecule has 74 valence electrons. The minimum Gasteiger partial charge on any atom is -0.396 e. The van der Waals surface area contributed by atoms with Crippen LogP contribution < -0.4 is 10.6 Å². The fraction of sp³-hybridized carbons (Fsp3) is 0.444. The zero-order valence-electron chi connectivity index (χ0n) is 8.31. The van der Waals surface area contributed by atoms with Crippen LogP contribution in [-0.4, -0.2) is 23.1 Å². The summed E-state index contributed by atoms with van der Waals surface area (Å²) in [5.41, 5.74) is 6.00. The summed E-state index contributed by atoms with van der Waals surface area (Å²) in [6.45, 7) is 1.95. The lowest BCUT2D eigenvalue weighted by Gasteiger charge is -2.22. The molecule has 1 rings (SSSR count). The summed E-state index contributed by atoms with van der Waals surface area (Å²) in [7, 11) is 1.85. The first kappa shape index (κ1) is 10.3. The molecule has 0 amide bonds. The Morgan fingerprint density at radius 3 is 2.64 bits per heavy atom. The Balaban J connectivity index is 2.74. The summed E-state index contributed by atoms with van der Waals surface area (Å²) >= 11 is 0. The fourth-order valence-electron chi connectivity index (χ4n) is 0.980. The number of rotatable bonds is 3. The third kappa shape index (κ3) is 2.33. The van der Waals surface area contributed by atoms with Crippen molar-refractivity contribution in [2.75, 3.05) is 17.7 Å². The normalized spacial score (nSPS) is 11.8. The highest BCUT2D eigenvalue weighted by Crippen LogP contribution is 2.10. The van der Waals surface area contributed by atoms with Crippen LogP contribution in [0.5, 0.6) is 0 Å². The van der Waals surface area contributed by atoms with E-state index in [1.54, 1.807) is 12.4 Å². The summed E-state index contributed by atoms with van der Waals surface area (Å²) in [6, 6.07) is 2.21. The van der Waals surface area contributed by atoms with Gasteiger partial charge in [-0.2, -0.15) is 5.26 Å². The van der Waals surface area contributed by atoms with Gasteiger partial charge in [0, 0.05) is 13.1 Å². The van der Waals surface area contributed by atoms with Gasteiger partial charge in [-0.05, 0) is 6.92 Å². The van der Waals surface area contributed by atoms with Crippen molar-refractivity contribution >= 4 is 11.6 Å². The Labute approximate surface area is 83.2 Å². The topological polar surface area (TPSA) is 78.8 Å². The minimum atomic E-state index is 0.101. The zero-order valence-corrected chi connectivity index (χ0v) is 8.31. The second-order valence-corrected chi connectivity index (χ2v) is 3.14. The summed E-state index contributed by atoms with van der Waals surface area (Å²) in [4.78, 5) is 9.97. The highest BCUT2D eigenvalue weighted by molar-refractivity contribution is 5.37. The molecule has 5 heteroatoms.